The van der Waals surface area contributed by atoms with Crippen molar-refractivity contribution in [3.05, 3.63) is 29.8 Å². The van der Waals surface area contributed by atoms with Gasteiger partial charge in [0.2, 0.25) is 0 Å². The SMILES string of the molecule is CC1(C)CCN(c2ccccc2C(N)=S)C1. The zero-order valence-electron chi connectivity index (χ0n) is 9.86. The third-order valence-electron chi connectivity index (χ3n) is 3.19. The number of thiocarbonyl (C=S) groups is 1. The largest absolute Gasteiger partial charge is 0.389 e. The van der Waals surface area contributed by atoms with Gasteiger partial charge in [0.1, 0.15) is 4.99 Å². The molecule has 0 saturated carbocycles. The molecule has 0 atom stereocenters. The Labute approximate surface area is 102 Å². The Bertz CT molecular complexity index is 412. The molecule has 0 radical (unpaired) electrons. The Hall–Kier alpha value is -1.09. The van der Waals surface area contributed by atoms with Crippen LogP contribution in [0.2, 0.25) is 0 Å². The van der Waals surface area contributed by atoms with Gasteiger partial charge in [0.25, 0.3) is 0 Å². The van der Waals surface area contributed by atoms with Crippen molar-refractivity contribution < 1.29 is 0 Å². The highest BCUT2D eigenvalue weighted by atomic mass is 32.1. The van der Waals surface area contributed by atoms with Gasteiger partial charge in [0.05, 0.1) is 0 Å². The lowest BCUT2D eigenvalue weighted by Crippen LogP contribution is -2.25. The van der Waals surface area contributed by atoms with Crippen molar-refractivity contribution in [2.75, 3.05) is 18.0 Å². The van der Waals surface area contributed by atoms with Crippen LogP contribution >= 0.6 is 12.2 Å². The van der Waals surface area contributed by atoms with Crippen LogP contribution in [-0.4, -0.2) is 18.1 Å². The molecule has 1 aromatic rings. The molecule has 1 heterocycles. The molecule has 1 aliphatic rings. The number of rotatable bonds is 2. The van der Waals surface area contributed by atoms with Crippen LogP contribution in [0.3, 0.4) is 0 Å². The summed E-state index contributed by atoms with van der Waals surface area (Å²) in [6.07, 6.45) is 1.22. The molecule has 0 aromatic heterocycles. The third-order valence-corrected chi connectivity index (χ3v) is 3.41. The molecule has 3 heteroatoms. The summed E-state index contributed by atoms with van der Waals surface area (Å²) in [7, 11) is 0. The lowest BCUT2D eigenvalue weighted by Gasteiger charge is -2.23. The predicted molar refractivity (Wildman–Crippen MR) is 72.9 cm³/mol. The standard InChI is InChI=1S/C13H18N2S/c1-13(2)7-8-15(9-13)11-6-4-3-5-10(11)12(14)16/h3-6H,7-9H2,1-2H3,(H2,14,16). The molecule has 2 rings (SSSR count). The Kier molecular flexibility index (Phi) is 2.89. The zero-order chi connectivity index (χ0) is 11.8. The normalized spacial score (nSPS) is 18.8. The highest BCUT2D eigenvalue weighted by Crippen LogP contribution is 2.33. The summed E-state index contributed by atoms with van der Waals surface area (Å²) in [6.45, 7) is 6.77. The second kappa shape index (κ2) is 4.06. The number of anilines is 1. The van der Waals surface area contributed by atoms with Crippen LogP contribution in [0, 0.1) is 5.41 Å². The molecule has 1 saturated heterocycles. The Morgan fingerprint density at radius 3 is 2.62 bits per heavy atom. The third kappa shape index (κ3) is 2.19. The molecule has 16 heavy (non-hydrogen) atoms. The van der Waals surface area contributed by atoms with Crippen molar-refractivity contribution in [3.63, 3.8) is 0 Å². The van der Waals surface area contributed by atoms with Crippen LogP contribution in [-0.2, 0) is 0 Å². The number of hydrogen-bond acceptors (Lipinski definition) is 2. The van der Waals surface area contributed by atoms with Gasteiger partial charge in [-0.15, -0.1) is 0 Å². The summed E-state index contributed by atoms with van der Waals surface area (Å²) in [6, 6.07) is 8.14. The first-order chi connectivity index (χ1) is 7.49. The van der Waals surface area contributed by atoms with Crippen LogP contribution in [0.5, 0.6) is 0 Å². The maximum absolute atomic E-state index is 5.75. The lowest BCUT2D eigenvalue weighted by molar-refractivity contribution is 0.418. The highest BCUT2D eigenvalue weighted by molar-refractivity contribution is 7.80. The summed E-state index contributed by atoms with van der Waals surface area (Å²) in [5.41, 5.74) is 8.32. The Balaban J connectivity index is 2.31. The summed E-state index contributed by atoms with van der Waals surface area (Å²) < 4.78 is 0. The van der Waals surface area contributed by atoms with E-state index < -0.39 is 0 Å². The number of para-hydroxylation sites is 1. The first-order valence-corrected chi connectivity index (χ1v) is 6.04. The fraction of sp³-hybridized carbons (Fsp3) is 0.462. The zero-order valence-corrected chi connectivity index (χ0v) is 10.7. The maximum Gasteiger partial charge on any atom is 0.106 e. The van der Waals surface area contributed by atoms with Crippen LogP contribution in [0.1, 0.15) is 25.8 Å². The van der Waals surface area contributed by atoms with Crippen molar-refractivity contribution >= 4 is 22.9 Å². The van der Waals surface area contributed by atoms with Crippen molar-refractivity contribution in [1.29, 1.82) is 0 Å². The van der Waals surface area contributed by atoms with E-state index in [1.165, 1.54) is 12.1 Å². The van der Waals surface area contributed by atoms with E-state index in [1.54, 1.807) is 0 Å². The van der Waals surface area contributed by atoms with E-state index in [9.17, 15) is 0 Å². The molecule has 1 aliphatic heterocycles. The minimum Gasteiger partial charge on any atom is -0.389 e. The fourth-order valence-electron chi connectivity index (χ4n) is 2.28. The topological polar surface area (TPSA) is 29.3 Å². The average Bonchev–Trinajstić information content (AvgIpc) is 2.59. The molecule has 0 bridgehead atoms. The van der Waals surface area contributed by atoms with Gasteiger partial charge in [0.15, 0.2) is 0 Å². The van der Waals surface area contributed by atoms with Gasteiger partial charge >= 0.3 is 0 Å². The van der Waals surface area contributed by atoms with E-state index in [1.807, 2.05) is 18.2 Å². The smallest absolute Gasteiger partial charge is 0.106 e. The maximum atomic E-state index is 5.75. The van der Waals surface area contributed by atoms with Gasteiger partial charge in [-0.3, -0.25) is 0 Å². The molecule has 0 unspecified atom stereocenters. The monoisotopic (exact) mass is 234 g/mol. The second-order valence-electron chi connectivity index (χ2n) is 5.22. The van der Waals surface area contributed by atoms with E-state index in [0.29, 0.717) is 10.4 Å². The van der Waals surface area contributed by atoms with Crippen LogP contribution in [0.4, 0.5) is 5.69 Å². The van der Waals surface area contributed by atoms with E-state index >= 15 is 0 Å². The summed E-state index contributed by atoms with van der Waals surface area (Å²) in [4.78, 5) is 2.87. The lowest BCUT2D eigenvalue weighted by atomic mass is 9.93. The van der Waals surface area contributed by atoms with Gasteiger partial charge in [-0.25, -0.2) is 0 Å². The predicted octanol–water partition coefficient (Wildman–Crippen LogP) is 2.56. The van der Waals surface area contributed by atoms with E-state index in [0.717, 1.165) is 18.7 Å². The summed E-state index contributed by atoms with van der Waals surface area (Å²) >= 11 is 5.09. The second-order valence-corrected chi connectivity index (χ2v) is 5.66. The minimum atomic E-state index is 0.392. The number of hydrogen-bond donors (Lipinski definition) is 1. The molecule has 1 aromatic carbocycles. The summed E-state index contributed by atoms with van der Waals surface area (Å²) in [5, 5.41) is 0. The fourth-order valence-corrected chi connectivity index (χ4v) is 2.45. The van der Waals surface area contributed by atoms with Gasteiger partial charge in [-0.1, -0.05) is 38.2 Å². The average molecular weight is 234 g/mol. The first-order valence-electron chi connectivity index (χ1n) is 5.63. The van der Waals surface area contributed by atoms with Crippen molar-refractivity contribution in [1.82, 2.24) is 0 Å². The molecule has 2 nitrogen and oxygen atoms in total. The van der Waals surface area contributed by atoms with Gasteiger partial charge in [0, 0.05) is 24.3 Å². The van der Waals surface area contributed by atoms with Gasteiger partial charge in [-0.05, 0) is 24.0 Å². The number of nitrogens with zero attached hydrogens (tertiary/aromatic N) is 1. The molecule has 86 valence electrons. The van der Waals surface area contributed by atoms with Gasteiger partial charge in [-0.2, -0.15) is 0 Å². The highest BCUT2D eigenvalue weighted by Gasteiger charge is 2.30. The Morgan fingerprint density at radius 1 is 1.38 bits per heavy atom. The minimum absolute atomic E-state index is 0.392. The first kappa shape index (κ1) is 11.4. The Morgan fingerprint density at radius 2 is 2.06 bits per heavy atom. The summed E-state index contributed by atoms with van der Waals surface area (Å²) in [5.74, 6) is 0. The molecular weight excluding hydrogens is 216 g/mol. The van der Waals surface area contributed by atoms with Crippen LogP contribution in [0.15, 0.2) is 24.3 Å². The molecule has 1 fully saturated rings. The van der Waals surface area contributed by atoms with E-state index in [4.69, 9.17) is 18.0 Å². The van der Waals surface area contributed by atoms with Crippen LogP contribution in [0.25, 0.3) is 0 Å². The number of nitrogens with two attached hydrogens (primary N) is 1. The van der Waals surface area contributed by atoms with Crippen molar-refractivity contribution in [2.45, 2.75) is 20.3 Å². The molecule has 0 amide bonds. The molecular formula is C13H18N2S. The van der Waals surface area contributed by atoms with Crippen LogP contribution < -0.4 is 10.6 Å². The molecule has 0 aliphatic carbocycles. The molecule has 0 spiro atoms. The molecule has 2 N–H and O–H groups in total. The van der Waals surface area contributed by atoms with Gasteiger partial charge < -0.3 is 10.6 Å². The van der Waals surface area contributed by atoms with E-state index in [-0.39, 0.29) is 0 Å². The van der Waals surface area contributed by atoms with Crippen molar-refractivity contribution in [2.24, 2.45) is 11.1 Å². The van der Waals surface area contributed by atoms with E-state index in [2.05, 4.69) is 24.8 Å². The quantitative estimate of drug-likeness (QED) is 0.797. The number of benzene rings is 1. The van der Waals surface area contributed by atoms with Crippen molar-refractivity contribution in [3.8, 4) is 0 Å².